The first-order valence-electron chi connectivity index (χ1n) is 17.0. The summed E-state index contributed by atoms with van der Waals surface area (Å²) in [5.74, 6) is 1.26. The molecule has 1 saturated heterocycles. The third-order valence-corrected chi connectivity index (χ3v) is 8.99. The molecule has 1 fully saturated rings. The maximum atomic E-state index is 13.1. The second-order valence-corrected chi connectivity index (χ2v) is 13.2. The molecular formula is C35H64Cl2N4O6. The Kier molecular flexibility index (Phi) is 24.4. The van der Waals surface area contributed by atoms with E-state index in [2.05, 4.69) is 47.6 Å². The summed E-state index contributed by atoms with van der Waals surface area (Å²) in [6.45, 7) is 14.3. The number of carbonyl (C=O) groups is 2. The van der Waals surface area contributed by atoms with Crippen LogP contribution in [0.4, 0.5) is 0 Å². The second kappa shape index (κ2) is 25.3. The van der Waals surface area contributed by atoms with Crippen molar-refractivity contribution in [3.8, 4) is 5.75 Å². The Hall–Kier alpha value is -1.66. The molecule has 0 unspecified atom stereocenters. The van der Waals surface area contributed by atoms with E-state index in [1.54, 1.807) is 14.2 Å². The van der Waals surface area contributed by atoms with Gasteiger partial charge < -0.3 is 35.7 Å². The standard InChI is InChI=1S/C35H62N4O6.2ClH/c1-25(2)29(21-27-11-12-28(9-7-10-34(41)37-5)33(22-27)45-18-8-17-43-6)23-31(36)32(40)24-30(26(3)4)35(42)38-13-14-39-15-19-44-20-16-39;;/h11-12,22,25-26,29-32,40H,7-10,13-21,23-24,36H2,1-6H3,(H,37,41)(H,38,42);2*1H/t29-,30-,31-,32-;;/m0../s1. The van der Waals surface area contributed by atoms with Crippen LogP contribution >= 0.6 is 24.8 Å². The molecule has 0 bridgehead atoms. The number of aryl methyl sites for hydroxylation is 1. The molecule has 2 amide bonds. The van der Waals surface area contributed by atoms with E-state index in [1.165, 1.54) is 0 Å². The predicted octanol–water partition coefficient (Wildman–Crippen LogP) is 4.02. The number of halogens is 2. The highest BCUT2D eigenvalue weighted by molar-refractivity contribution is 5.85. The van der Waals surface area contributed by atoms with Gasteiger partial charge in [0.25, 0.3) is 0 Å². The van der Waals surface area contributed by atoms with Crippen molar-refractivity contribution in [3.05, 3.63) is 29.3 Å². The van der Waals surface area contributed by atoms with Crippen molar-refractivity contribution in [2.45, 2.75) is 84.8 Å². The first kappa shape index (κ1) is 45.3. The second-order valence-electron chi connectivity index (χ2n) is 13.2. The number of methoxy groups -OCH3 is 1. The van der Waals surface area contributed by atoms with E-state index in [4.69, 9.17) is 19.9 Å². The fourth-order valence-corrected chi connectivity index (χ4v) is 5.83. The topological polar surface area (TPSA) is 135 Å². The Balaban J connectivity index is 0.0000106. The highest BCUT2D eigenvalue weighted by Crippen LogP contribution is 2.29. The van der Waals surface area contributed by atoms with Gasteiger partial charge in [0, 0.05) is 71.7 Å². The molecule has 274 valence electrons. The lowest BCUT2D eigenvalue weighted by molar-refractivity contribution is -0.127. The van der Waals surface area contributed by atoms with Gasteiger partial charge in [-0.3, -0.25) is 14.5 Å². The summed E-state index contributed by atoms with van der Waals surface area (Å²) in [4.78, 5) is 27.1. The fourth-order valence-electron chi connectivity index (χ4n) is 5.83. The molecule has 2 rings (SSSR count). The zero-order chi connectivity index (χ0) is 33.2. The maximum Gasteiger partial charge on any atom is 0.223 e. The van der Waals surface area contributed by atoms with Crippen LogP contribution in [-0.2, 0) is 31.9 Å². The number of rotatable bonds is 22. The molecule has 10 nitrogen and oxygen atoms in total. The lowest BCUT2D eigenvalue weighted by atomic mass is 9.80. The summed E-state index contributed by atoms with van der Waals surface area (Å²) in [6, 6.07) is 5.94. The molecule has 1 aliphatic heterocycles. The third-order valence-electron chi connectivity index (χ3n) is 8.99. The molecule has 0 spiro atoms. The number of morpholine rings is 1. The molecule has 12 heteroatoms. The molecular weight excluding hydrogens is 643 g/mol. The molecule has 1 heterocycles. The first-order valence-corrected chi connectivity index (χ1v) is 17.0. The minimum absolute atomic E-state index is 0. The number of aliphatic hydroxyl groups is 1. The summed E-state index contributed by atoms with van der Waals surface area (Å²) in [7, 11) is 3.34. The van der Waals surface area contributed by atoms with Crippen molar-refractivity contribution in [2.24, 2.45) is 29.4 Å². The van der Waals surface area contributed by atoms with Crippen molar-refractivity contribution < 1.29 is 28.9 Å². The molecule has 47 heavy (non-hydrogen) atoms. The summed E-state index contributed by atoms with van der Waals surface area (Å²) < 4.78 is 16.8. The van der Waals surface area contributed by atoms with Crippen LogP contribution in [0.15, 0.2) is 18.2 Å². The van der Waals surface area contributed by atoms with Crippen molar-refractivity contribution in [1.82, 2.24) is 15.5 Å². The summed E-state index contributed by atoms with van der Waals surface area (Å²) in [6.07, 6.45) is 3.81. The van der Waals surface area contributed by atoms with Crippen molar-refractivity contribution in [1.29, 1.82) is 0 Å². The van der Waals surface area contributed by atoms with Crippen molar-refractivity contribution in [2.75, 3.05) is 66.8 Å². The average Bonchev–Trinajstić information content (AvgIpc) is 3.02. The summed E-state index contributed by atoms with van der Waals surface area (Å²) in [5, 5.41) is 17.0. The summed E-state index contributed by atoms with van der Waals surface area (Å²) >= 11 is 0. The van der Waals surface area contributed by atoms with Crippen molar-refractivity contribution >= 4 is 36.6 Å². The summed E-state index contributed by atoms with van der Waals surface area (Å²) in [5.41, 5.74) is 8.88. The van der Waals surface area contributed by atoms with E-state index in [1.807, 2.05) is 13.8 Å². The van der Waals surface area contributed by atoms with Crippen LogP contribution in [0.2, 0.25) is 0 Å². The van der Waals surface area contributed by atoms with E-state index in [-0.39, 0.29) is 54.4 Å². The van der Waals surface area contributed by atoms with E-state index >= 15 is 0 Å². The monoisotopic (exact) mass is 706 g/mol. The maximum absolute atomic E-state index is 13.1. The van der Waals surface area contributed by atoms with Crippen LogP contribution in [-0.4, -0.2) is 101 Å². The fraction of sp³-hybridized carbons (Fsp3) is 0.771. The molecule has 0 saturated carbocycles. The quantitative estimate of drug-likeness (QED) is 0.133. The third kappa shape index (κ3) is 17.5. The number of benzene rings is 1. The minimum atomic E-state index is -0.772. The van der Waals surface area contributed by atoms with E-state index < -0.39 is 12.1 Å². The van der Waals surface area contributed by atoms with Gasteiger partial charge in [-0.1, -0.05) is 39.8 Å². The highest BCUT2D eigenvalue weighted by atomic mass is 35.5. The Bertz CT molecular complexity index is 997. The zero-order valence-electron chi connectivity index (χ0n) is 29.6. The van der Waals surface area contributed by atoms with Crippen LogP contribution < -0.4 is 21.1 Å². The first-order chi connectivity index (χ1) is 21.5. The number of nitrogens with zero attached hydrogens (tertiary/aromatic N) is 1. The van der Waals surface area contributed by atoms with Gasteiger partial charge in [0.05, 0.1) is 25.9 Å². The largest absolute Gasteiger partial charge is 0.493 e. The Morgan fingerprint density at radius 2 is 1.74 bits per heavy atom. The van der Waals surface area contributed by atoms with E-state index in [0.29, 0.717) is 44.9 Å². The molecule has 5 N–H and O–H groups in total. The number of amides is 2. The van der Waals surface area contributed by atoms with E-state index in [9.17, 15) is 14.7 Å². The Morgan fingerprint density at radius 1 is 1.04 bits per heavy atom. The van der Waals surface area contributed by atoms with Crippen LogP contribution in [0, 0.1) is 23.7 Å². The number of nitrogens with two attached hydrogens (primary N) is 1. The van der Waals surface area contributed by atoms with Gasteiger partial charge in [0.1, 0.15) is 5.75 Å². The van der Waals surface area contributed by atoms with Crippen LogP contribution in [0.5, 0.6) is 5.75 Å². The molecule has 0 aromatic heterocycles. The number of hydrogen-bond donors (Lipinski definition) is 4. The number of aliphatic hydroxyl groups excluding tert-OH is 1. The van der Waals surface area contributed by atoms with Gasteiger partial charge in [-0.25, -0.2) is 0 Å². The van der Waals surface area contributed by atoms with Gasteiger partial charge in [-0.2, -0.15) is 0 Å². The zero-order valence-corrected chi connectivity index (χ0v) is 31.3. The number of hydrogen-bond acceptors (Lipinski definition) is 8. The molecule has 1 aliphatic rings. The Morgan fingerprint density at radius 3 is 2.36 bits per heavy atom. The average molecular weight is 708 g/mol. The van der Waals surface area contributed by atoms with Gasteiger partial charge in [0.15, 0.2) is 0 Å². The normalized spacial score (nSPS) is 16.0. The SMILES string of the molecule is CNC(=O)CCCc1ccc(C[C@@H](C[C@H](N)[C@@H](O)C[C@H](C(=O)NCCN2CCOCC2)C(C)C)C(C)C)cc1OCCCOC.Cl.Cl. The number of carbonyl (C=O) groups excluding carboxylic acids is 2. The molecule has 1 aromatic carbocycles. The molecule has 0 aliphatic carbocycles. The van der Waals surface area contributed by atoms with Gasteiger partial charge in [-0.15, -0.1) is 24.8 Å². The van der Waals surface area contributed by atoms with Gasteiger partial charge in [0.2, 0.25) is 11.8 Å². The van der Waals surface area contributed by atoms with Gasteiger partial charge in [-0.05, 0) is 67.1 Å². The smallest absolute Gasteiger partial charge is 0.223 e. The Labute approximate surface area is 296 Å². The molecule has 1 aromatic rings. The van der Waals surface area contributed by atoms with Crippen LogP contribution in [0.3, 0.4) is 0 Å². The van der Waals surface area contributed by atoms with Crippen LogP contribution in [0.1, 0.15) is 70.9 Å². The number of ether oxygens (including phenoxy) is 3. The minimum Gasteiger partial charge on any atom is -0.493 e. The lowest BCUT2D eigenvalue weighted by Gasteiger charge is -2.30. The molecule has 4 atom stereocenters. The molecule has 0 radical (unpaired) electrons. The predicted molar refractivity (Wildman–Crippen MR) is 194 cm³/mol. The lowest BCUT2D eigenvalue weighted by Crippen LogP contribution is -2.45. The van der Waals surface area contributed by atoms with Gasteiger partial charge >= 0.3 is 0 Å². The number of nitrogens with one attached hydrogen (secondary N) is 2. The van der Waals surface area contributed by atoms with Crippen molar-refractivity contribution in [3.63, 3.8) is 0 Å². The van der Waals surface area contributed by atoms with E-state index in [0.717, 1.165) is 75.4 Å². The highest BCUT2D eigenvalue weighted by Gasteiger charge is 2.30. The van der Waals surface area contributed by atoms with Crippen LogP contribution in [0.25, 0.3) is 0 Å².